The second-order valence-corrected chi connectivity index (χ2v) is 8.17. The van der Waals surface area contributed by atoms with Gasteiger partial charge in [0.15, 0.2) is 11.5 Å². The molecule has 0 aliphatic rings. The lowest BCUT2D eigenvalue weighted by atomic mass is 10.0. The number of esters is 1. The monoisotopic (exact) mass is 479 g/mol. The summed E-state index contributed by atoms with van der Waals surface area (Å²) in [6.07, 6.45) is 4.03. The minimum Gasteiger partial charge on any atom is -0.493 e. The summed E-state index contributed by atoms with van der Waals surface area (Å²) in [5, 5.41) is 5.14. The summed E-state index contributed by atoms with van der Waals surface area (Å²) in [5.74, 6) is 0.414. The Morgan fingerprint density at radius 1 is 1.00 bits per heavy atom. The Labute approximate surface area is 204 Å². The van der Waals surface area contributed by atoms with Crippen molar-refractivity contribution >= 4 is 34.3 Å². The molecule has 3 aromatic rings. The van der Waals surface area contributed by atoms with Crippen LogP contribution in [0.3, 0.4) is 0 Å². The Morgan fingerprint density at radius 3 is 2.41 bits per heavy atom. The van der Waals surface area contributed by atoms with Crippen LogP contribution in [0.5, 0.6) is 11.5 Å². The summed E-state index contributed by atoms with van der Waals surface area (Å²) in [7, 11) is 1.57. The summed E-state index contributed by atoms with van der Waals surface area (Å²) >= 11 is 1.30. The van der Waals surface area contributed by atoms with Crippen LogP contribution in [0, 0.1) is 0 Å². The van der Waals surface area contributed by atoms with Crippen molar-refractivity contribution in [2.24, 2.45) is 0 Å². The van der Waals surface area contributed by atoms with E-state index >= 15 is 0 Å². The van der Waals surface area contributed by atoms with Gasteiger partial charge in [0.2, 0.25) is 5.91 Å². The van der Waals surface area contributed by atoms with Crippen LogP contribution in [0.4, 0.5) is 5.00 Å². The molecule has 0 saturated heterocycles. The standard InChI is InChI=1S/C27H29NO5S/c1-5-18-8-12-20(13-9-18)21-17-34-26(25(21)27(30)33-7-3)28-24(29)15-11-19-10-14-22(32-6-2)23(16-19)31-4/h8-17H,5-7H2,1-4H3,(H,28,29)/b15-11+. The maximum atomic E-state index is 12.7. The molecule has 0 saturated carbocycles. The lowest BCUT2D eigenvalue weighted by Gasteiger charge is -2.09. The van der Waals surface area contributed by atoms with Gasteiger partial charge in [-0.15, -0.1) is 11.3 Å². The number of nitrogens with one attached hydrogen (secondary N) is 1. The minimum atomic E-state index is -0.464. The van der Waals surface area contributed by atoms with Gasteiger partial charge in [-0.1, -0.05) is 37.3 Å². The first kappa shape index (κ1) is 25.1. The number of amides is 1. The second kappa shape index (κ2) is 12.0. The van der Waals surface area contributed by atoms with Gasteiger partial charge in [-0.25, -0.2) is 4.79 Å². The van der Waals surface area contributed by atoms with Crippen molar-refractivity contribution in [1.29, 1.82) is 0 Å². The zero-order chi connectivity index (χ0) is 24.5. The van der Waals surface area contributed by atoms with Crippen molar-refractivity contribution in [3.63, 3.8) is 0 Å². The van der Waals surface area contributed by atoms with Crippen LogP contribution in [-0.4, -0.2) is 32.2 Å². The molecule has 1 heterocycles. The number of aryl methyl sites for hydroxylation is 1. The molecule has 3 rings (SSSR count). The molecule has 0 aliphatic carbocycles. The molecule has 34 heavy (non-hydrogen) atoms. The maximum absolute atomic E-state index is 12.7. The Morgan fingerprint density at radius 2 is 1.76 bits per heavy atom. The summed E-state index contributed by atoms with van der Waals surface area (Å²) in [5.41, 5.74) is 3.99. The number of hydrogen-bond donors (Lipinski definition) is 1. The minimum absolute atomic E-state index is 0.246. The fourth-order valence-electron chi connectivity index (χ4n) is 3.38. The summed E-state index contributed by atoms with van der Waals surface area (Å²) in [4.78, 5) is 25.4. The van der Waals surface area contributed by atoms with Gasteiger partial charge in [0.1, 0.15) is 10.6 Å². The summed E-state index contributed by atoms with van der Waals surface area (Å²) in [6, 6.07) is 13.5. The van der Waals surface area contributed by atoms with Crippen LogP contribution in [-0.2, 0) is 16.0 Å². The zero-order valence-corrected chi connectivity index (χ0v) is 20.7. The van der Waals surface area contributed by atoms with E-state index in [0.29, 0.717) is 28.7 Å². The van der Waals surface area contributed by atoms with Crippen LogP contribution in [0.15, 0.2) is 53.9 Å². The highest BCUT2D eigenvalue weighted by Crippen LogP contribution is 2.36. The van der Waals surface area contributed by atoms with Gasteiger partial charge >= 0.3 is 5.97 Å². The van der Waals surface area contributed by atoms with Gasteiger partial charge in [0.25, 0.3) is 0 Å². The van der Waals surface area contributed by atoms with Gasteiger partial charge < -0.3 is 19.5 Å². The van der Waals surface area contributed by atoms with Gasteiger partial charge in [-0.05, 0) is 55.2 Å². The number of carbonyl (C=O) groups is 2. The molecule has 0 fully saturated rings. The number of thiophene rings is 1. The molecule has 7 heteroatoms. The highest BCUT2D eigenvalue weighted by Gasteiger charge is 2.22. The van der Waals surface area contributed by atoms with Gasteiger partial charge in [0.05, 0.1) is 20.3 Å². The third-order valence-electron chi connectivity index (χ3n) is 5.10. The quantitative estimate of drug-likeness (QED) is 0.276. The van der Waals surface area contributed by atoms with E-state index in [4.69, 9.17) is 14.2 Å². The van der Waals surface area contributed by atoms with E-state index in [9.17, 15) is 9.59 Å². The average Bonchev–Trinajstić information content (AvgIpc) is 3.27. The number of ether oxygens (including phenoxy) is 3. The molecule has 0 spiro atoms. The number of carbonyl (C=O) groups excluding carboxylic acids is 2. The molecule has 0 unspecified atom stereocenters. The first-order chi connectivity index (χ1) is 16.5. The Bertz CT molecular complexity index is 1160. The maximum Gasteiger partial charge on any atom is 0.341 e. The Balaban J connectivity index is 1.83. The van der Waals surface area contributed by atoms with Crippen LogP contribution < -0.4 is 14.8 Å². The topological polar surface area (TPSA) is 73.9 Å². The van der Waals surface area contributed by atoms with Gasteiger partial charge in [-0.3, -0.25) is 4.79 Å². The van der Waals surface area contributed by atoms with Crippen LogP contribution in [0.25, 0.3) is 17.2 Å². The molecule has 1 aromatic heterocycles. The molecule has 0 aliphatic heterocycles. The molecule has 0 radical (unpaired) electrons. The Hall–Kier alpha value is -3.58. The van der Waals surface area contributed by atoms with Crippen molar-refractivity contribution in [1.82, 2.24) is 0 Å². The lowest BCUT2D eigenvalue weighted by molar-refractivity contribution is -0.111. The third-order valence-corrected chi connectivity index (χ3v) is 5.99. The van der Waals surface area contributed by atoms with E-state index in [1.165, 1.54) is 23.0 Å². The fraction of sp³-hybridized carbons (Fsp3) is 0.259. The summed E-state index contributed by atoms with van der Waals surface area (Å²) in [6.45, 7) is 6.52. The molecular formula is C27H29NO5S. The van der Waals surface area contributed by atoms with Crippen LogP contribution >= 0.6 is 11.3 Å². The van der Waals surface area contributed by atoms with E-state index < -0.39 is 5.97 Å². The SMILES string of the molecule is CCOC(=O)c1c(-c2ccc(CC)cc2)csc1NC(=O)/C=C/c1ccc(OCC)c(OC)c1. The summed E-state index contributed by atoms with van der Waals surface area (Å²) < 4.78 is 16.2. The van der Waals surface area contributed by atoms with E-state index in [1.807, 2.05) is 42.6 Å². The molecule has 0 atom stereocenters. The number of rotatable bonds is 10. The predicted molar refractivity (Wildman–Crippen MR) is 137 cm³/mol. The molecule has 2 aromatic carbocycles. The molecule has 1 N–H and O–H groups in total. The van der Waals surface area contributed by atoms with E-state index in [2.05, 4.69) is 12.2 Å². The largest absolute Gasteiger partial charge is 0.493 e. The number of methoxy groups -OCH3 is 1. The molecule has 1 amide bonds. The van der Waals surface area contributed by atoms with Crippen molar-refractivity contribution in [3.05, 3.63) is 70.6 Å². The first-order valence-electron chi connectivity index (χ1n) is 11.2. The highest BCUT2D eigenvalue weighted by atomic mass is 32.1. The van der Waals surface area contributed by atoms with Gasteiger partial charge in [0, 0.05) is 17.0 Å². The second-order valence-electron chi connectivity index (χ2n) is 7.29. The van der Waals surface area contributed by atoms with Crippen molar-refractivity contribution in [3.8, 4) is 22.6 Å². The smallest absolute Gasteiger partial charge is 0.341 e. The highest BCUT2D eigenvalue weighted by molar-refractivity contribution is 7.15. The predicted octanol–water partition coefficient (Wildman–Crippen LogP) is 6.21. The van der Waals surface area contributed by atoms with E-state index in [1.54, 1.807) is 32.2 Å². The van der Waals surface area contributed by atoms with Crippen LogP contribution in [0.1, 0.15) is 42.3 Å². The molecule has 0 bridgehead atoms. The van der Waals surface area contributed by atoms with Crippen molar-refractivity contribution in [2.75, 3.05) is 25.6 Å². The first-order valence-corrected chi connectivity index (χ1v) is 12.1. The number of hydrogen-bond acceptors (Lipinski definition) is 6. The van der Waals surface area contributed by atoms with E-state index in [0.717, 1.165) is 23.1 Å². The lowest BCUT2D eigenvalue weighted by Crippen LogP contribution is -2.12. The molecular weight excluding hydrogens is 450 g/mol. The Kier molecular flexibility index (Phi) is 8.87. The van der Waals surface area contributed by atoms with E-state index in [-0.39, 0.29) is 12.5 Å². The fourth-order valence-corrected chi connectivity index (χ4v) is 4.34. The normalized spacial score (nSPS) is 10.8. The van der Waals surface area contributed by atoms with Crippen molar-refractivity contribution in [2.45, 2.75) is 27.2 Å². The van der Waals surface area contributed by atoms with Crippen molar-refractivity contribution < 1.29 is 23.8 Å². The molecule has 6 nitrogen and oxygen atoms in total. The average molecular weight is 480 g/mol. The van der Waals surface area contributed by atoms with Gasteiger partial charge in [-0.2, -0.15) is 0 Å². The molecule has 178 valence electrons. The van der Waals surface area contributed by atoms with Crippen LogP contribution in [0.2, 0.25) is 0 Å². The third kappa shape index (κ3) is 6.05. The number of benzene rings is 2. The number of anilines is 1. The zero-order valence-electron chi connectivity index (χ0n) is 19.8.